The molecule has 0 aliphatic carbocycles. The van der Waals surface area contributed by atoms with Gasteiger partial charge in [-0.15, -0.1) is 0 Å². The average Bonchev–Trinajstić information content (AvgIpc) is 3.01. The van der Waals surface area contributed by atoms with Crippen LogP contribution in [-0.2, 0) is 14.3 Å². The van der Waals surface area contributed by atoms with E-state index < -0.39 is 23.9 Å². The molecule has 0 aromatic heterocycles. The van der Waals surface area contributed by atoms with E-state index in [1.807, 2.05) is 13.8 Å². The number of carbonyl (C=O) groups is 3. The fourth-order valence-electron chi connectivity index (χ4n) is 2.93. The van der Waals surface area contributed by atoms with Gasteiger partial charge in [0, 0.05) is 0 Å². The normalized spacial score (nSPS) is 16.1. The quantitative estimate of drug-likeness (QED) is 0.373. The Morgan fingerprint density at radius 2 is 1.77 bits per heavy atom. The fourth-order valence-corrected chi connectivity index (χ4v) is 4.25. The van der Waals surface area contributed by atoms with Crippen LogP contribution in [0.2, 0.25) is 0 Å². The maximum atomic E-state index is 13.0. The Bertz CT molecular complexity index is 1030. The lowest BCUT2D eigenvalue weighted by Crippen LogP contribution is -2.37. The summed E-state index contributed by atoms with van der Waals surface area (Å²) in [7, 11) is 0. The molecule has 1 saturated heterocycles. The van der Waals surface area contributed by atoms with Gasteiger partial charge in [-0.3, -0.25) is 9.69 Å². The molecule has 1 aliphatic rings. The molecule has 0 spiro atoms. The van der Waals surface area contributed by atoms with Gasteiger partial charge in [-0.05, 0) is 35.3 Å². The first kappa shape index (κ1) is 22.7. The van der Waals surface area contributed by atoms with Gasteiger partial charge in [0.1, 0.15) is 4.32 Å². The minimum Gasteiger partial charge on any atom is -0.479 e. The van der Waals surface area contributed by atoms with Crippen LogP contribution in [0.5, 0.6) is 0 Å². The van der Waals surface area contributed by atoms with Gasteiger partial charge in [0.25, 0.3) is 5.91 Å². The number of esters is 1. The Kier molecular flexibility index (Phi) is 7.25. The number of nitrogens with zero attached hydrogens (tertiary/aromatic N) is 1. The summed E-state index contributed by atoms with van der Waals surface area (Å²) >= 11 is 6.37. The van der Waals surface area contributed by atoms with Crippen LogP contribution in [0.4, 0.5) is 0 Å². The minimum absolute atomic E-state index is 0.182. The number of thioether (sulfide) groups is 1. The molecule has 1 N–H and O–H groups in total. The van der Waals surface area contributed by atoms with E-state index in [4.69, 9.17) is 17.0 Å². The van der Waals surface area contributed by atoms with Crippen LogP contribution in [0, 0.1) is 5.92 Å². The summed E-state index contributed by atoms with van der Waals surface area (Å²) in [5.74, 6) is -1.78. The molecule has 2 aromatic rings. The van der Waals surface area contributed by atoms with E-state index >= 15 is 0 Å². The van der Waals surface area contributed by atoms with Gasteiger partial charge in [-0.2, -0.15) is 0 Å². The van der Waals surface area contributed by atoms with Crippen LogP contribution in [0.3, 0.4) is 0 Å². The van der Waals surface area contributed by atoms with E-state index in [9.17, 15) is 19.5 Å². The van der Waals surface area contributed by atoms with Crippen LogP contribution in [-0.4, -0.2) is 38.8 Å². The van der Waals surface area contributed by atoms with Gasteiger partial charge in [0.15, 0.2) is 6.04 Å². The largest absolute Gasteiger partial charge is 0.479 e. The molecule has 31 heavy (non-hydrogen) atoms. The SMILES string of the molecule is CC(C)COC(=O)c1ccc(/C=C2\SC(=S)N([C@@H](C(=O)O)c3ccccc3)C2=O)cc1. The minimum atomic E-state index is -1.20. The van der Waals surface area contributed by atoms with Crippen molar-refractivity contribution < 1.29 is 24.2 Å². The first-order chi connectivity index (χ1) is 14.8. The van der Waals surface area contributed by atoms with Crippen molar-refractivity contribution in [1.82, 2.24) is 4.90 Å². The summed E-state index contributed by atoms with van der Waals surface area (Å²) in [5.41, 5.74) is 1.57. The molecule has 0 saturated carbocycles. The first-order valence-corrected chi connectivity index (χ1v) is 10.8. The highest BCUT2D eigenvalue weighted by Crippen LogP contribution is 2.38. The van der Waals surface area contributed by atoms with E-state index in [2.05, 4.69) is 0 Å². The van der Waals surface area contributed by atoms with Crippen molar-refractivity contribution in [2.45, 2.75) is 19.9 Å². The average molecular weight is 456 g/mol. The van der Waals surface area contributed by atoms with E-state index in [-0.39, 0.29) is 10.2 Å². The summed E-state index contributed by atoms with van der Waals surface area (Å²) in [4.78, 5) is 38.4. The Morgan fingerprint density at radius 3 is 2.35 bits per heavy atom. The Labute approximate surface area is 189 Å². The Hall–Kier alpha value is -2.97. The molecule has 1 fully saturated rings. The topological polar surface area (TPSA) is 83.9 Å². The van der Waals surface area contributed by atoms with Crippen molar-refractivity contribution >= 4 is 52.2 Å². The molecular formula is C23H21NO5S2. The van der Waals surface area contributed by atoms with Crippen LogP contribution in [0.1, 0.15) is 41.4 Å². The lowest BCUT2D eigenvalue weighted by Gasteiger charge is -2.23. The smallest absolute Gasteiger partial charge is 0.338 e. The van der Waals surface area contributed by atoms with Gasteiger partial charge in [0.2, 0.25) is 0 Å². The number of hydrogen-bond acceptors (Lipinski definition) is 6. The second-order valence-corrected chi connectivity index (χ2v) is 8.99. The second-order valence-electron chi connectivity index (χ2n) is 7.32. The molecule has 0 bridgehead atoms. The van der Waals surface area contributed by atoms with Crippen molar-refractivity contribution in [2.75, 3.05) is 6.61 Å². The third kappa shape index (κ3) is 5.39. The first-order valence-electron chi connectivity index (χ1n) is 9.60. The van der Waals surface area contributed by atoms with E-state index in [1.54, 1.807) is 60.7 Å². The standard InChI is InChI=1S/C23H21NO5S2/c1-14(2)13-29-22(28)17-10-8-15(9-11-17)12-18-20(25)24(23(30)31-18)19(21(26)27)16-6-4-3-5-7-16/h3-12,14,19H,13H2,1-2H3,(H,26,27)/b18-12-/t19-/m1/s1. The third-order valence-corrected chi connectivity index (χ3v) is 5.75. The molecule has 1 amide bonds. The second kappa shape index (κ2) is 9.89. The zero-order chi connectivity index (χ0) is 22.5. The van der Waals surface area contributed by atoms with Crippen molar-refractivity contribution in [1.29, 1.82) is 0 Å². The van der Waals surface area contributed by atoms with Crippen molar-refractivity contribution in [2.24, 2.45) is 5.92 Å². The molecule has 0 unspecified atom stereocenters. The monoisotopic (exact) mass is 455 g/mol. The number of rotatable bonds is 7. The summed E-state index contributed by atoms with van der Waals surface area (Å²) in [6.07, 6.45) is 1.63. The number of hydrogen-bond donors (Lipinski definition) is 1. The molecule has 6 nitrogen and oxygen atoms in total. The molecular weight excluding hydrogens is 434 g/mol. The summed E-state index contributed by atoms with van der Waals surface area (Å²) in [6, 6.07) is 14.0. The van der Waals surface area contributed by atoms with Crippen molar-refractivity contribution in [3.63, 3.8) is 0 Å². The fraction of sp³-hybridized carbons (Fsp3) is 0.217. The van der Waals surface area contributed by atoms with Crippen molar-refractivity contribution in [3.05, 3.63) is 76.2 Å². The van der Waals surface area contributed by atoms with Gasteiger partial charge in [-0.25, -0.2) is 9.59 Å². The molecule has 1 aliphatic heterocycles. The number of carboxylic acid groups (broad SMARTS) is 1. The number of ether oxygens (including phenoxy) is 1. The maximum absolute atomic E-state index is 13.0. The molecule has 1 heterocycles. The zero-order valence-corrected chi connectivity index (χ0v) is 18.6. The van der Waals surface area contributed by atoms with Crippen LogP contribution >= 0.6 is 24.0 Å². The third-order valence-electron chi connectivity index (χ3n) is 4.42. The molecule has 160 valence electrons. The number of amides is 1. The lowest BCUT2D eigenvalue weighted by atomic mass is 10.1. The van der Waals surface area contributed by atoms with Crippen molar-refractivity contribution in [3.8, 4) is 0 Å². The van der Waals surface area contributed by atoms with Gasteiger partial charge >= 0.3 is 11.9 Å². The van der Waals surface area contributed by atoms with Crippen LogP contribution < -0.4 is 0 Å². The molecule has 0 radical (unpaired) electrons. The van der Waals surface area contributed by atoms with E-state index in [1.165, 1.54) is 0 Å². The summed E-state index contributed by atoms with van der Waals surface area (Å²) in [6.45, 7) is 4.26. The lowest BCUT2D eigenvalue weighted by molar-refractivity contribution is -0.145. The highest BCUT2D eigenvalue weighted by molar-refractivity contribution is 8.26. The van der Waals surface area contributed by atoms with Gasteiger partial charge < -0.3 is 9.84 Å². The number of carboxylic acids is 1. The zero-order valence-electron chi connectivity index (χ0n) is 17.0. The Balaban J connectivity index is 1.80. The van der Waals surface area contributed by atoms with E-state index in [0.29, 0.717) is 28.2 Å². The molecule has 3 rings (SSSR count). The molecule has 1 atom stereocenters. The van der Waals surface area contributed by atoms with Crippen LogP contribution in [0.25, 0.3) is 6.08 Å². The number of benzene rings is 2. The van der Waals surface area contributed by atoms with Crippen LogP contribution in [0.15, 0.2) is 59.5 Å². The van der Waals surface area contributed by atoms with Gasteiger partial charge in [0.05, 0.1) is 17.1 Å². The number of carbonyl (C=O) groups excluding carboxylic acids is 2. The number of aliphatic carboxylic acids is 1. The predicted molar refractivity (Wildman–Crippen MR) is 123 cm³/mol. The summed E-state index contributed by atoms with van der Waals surface area (Å²) < 4.78 is 5.39. The van der Waals surface area contributed by atoms with Gasteiger partial charge in [-0.1, -0.05) is 80.3 Å². The van der Waals surface area contributed by atoms with E-state index in [0.717, 1.165) is 16.7 Å². The Morgan fingerprint density at radius 1 is 1.13 bits per heavy atom. The number of thiocarbonyl (C=S) groups is 1. The predicted octanol–water partition coefficient (Wildman–Crippen LogP) is 4.53. The highest BCUT2D eigenvalue weighted by atomic mass is 32.2. The highest BCUT2D eigenvalue weighted by Gasteiger charge is 2.41. The maximum Gasteiger partial charge on any atom is 0.338 e. The summed E-state index contributed by atoms with van der Waals surface area (Å²) in [5, 5.41) is 9.73. The molecule has 8 heteroatoms. The molecule has 2 aromatic carbocycles.